The fourth-order valence-electron chi connectivity index (χ4n) is 6.77. The first kappa shape index (κ1) is 26.0. The summed E-state index contributed by atoms with van der Waals surface area (Å²) in [5.74, 6) is 0. The van der Waals surface area contributed by atoms with Crippen LogP contribution in [0, 0.1) is 0 Å². The van der Waals surface area contributed by atoms with Gasteiger partial charge in [0.15, 0.2) is 0 Å². The SMILES string of the molecule is CN(c1ccc2ccccc2c1-c1c(P(c2ccccc2)c2ccccc2)ccc2ccccc12)C1CCCCC1. The molecule has 0 amide bonds. The third-order valence-electron chi connectivity index (χ3n) is 8.84. The quantitative estimate of drug-likeness (QED) is 0.187. The first-order chi connectivity index (χ1) is 20.3. The zero-order chi connectivity index (χ0) is 27.6. The standard InChI is InChI=1S/C39H36NP/c1-40(31-17-5-2-6-18-31)36-27-25-29-15-11-13-23-34(29)38(36)39-35-24-14-12-16-30(35)26-28-37(39)41(32-19-7-3-8-20-32)33-21-9-4-10-22-33/h3-4,7-16,19-28,31H,2,5-6,17-18H2,1H3. The van der Waals surface area contributed by atoms with Gasteiger partial charge >= 0.3 is 0 Å². The Bertz CT molecular complexity index is 1750. The van der Waals surface area contributed by atoms with Crippen LogP contribution in [-0.2, 0) is 0 Å². The van der Waals surface area contributed by atoms with E-state index in [2.05, 4.69) is 145 Å². The number of nitrogens with zero attached hydrogens (tertiary/aromatic N) is 1. The second-order valence-corrected chi connectivity index (χ2v) is 13.5. The van der Waals surface area contributed by atoms with Gasteiger partial charge in [0.2, 0.25) is 0 Å². The predicted molar refractivity (Wildman–Crippen MR) is 181 cm³/mol. The Labute approximate surface area is 245 Å². The van der Waals surface area contributed by atoms with Crippen LogP contribution in [0.3, 0.4) is 0 Å². The van der Waals surface area contributed by atoms with Gasteiger partial charge in [-0.3, -0.25) is 0 Å². The van der Waals surface area contributed by atoms with Gasteiger partial charge in [0.1, 0.15) is 0 Å². The molecular formula is C39H36NP. The highest BCUT2D eigenvalue weighted by Crippen LogP contribution is 2.46. The van der Waals surface area contributed by atoms with E-state index in [4.69, 9.17) is 0 Å². The molecule has 6 aromatic rings. The molecule has 0 atom stereocenters. The van der Waals surface area contributed by atoms with Crippen molar-refractivity contribution in [2.75, 3.05) is 11.9 Å². The summed E-state index contributed by atoms with van der Waals surface area (Å²) in [5.41, 5.74) is 4.11. The molecule has 1 fully saturated rings. The van der Waals surface area contributed by atoms with Gasteiger partial charge in [0.25, 0.3) is 0 Å². The molecule has 0 N–H and O–H groups in total. The molecule has 0 spiro atoms. The minimum Gasteiger partial charge on any atom is -0.371 e. The maximum Gasteiger partial charge on any atom is 0.0452 e. The van der Waals surface area contributed by atoms with Crippen LogP contribution in [0.1, 0.15) is 32.1 Å². The lowest BCUT2D eigenvalue weighted by molar-refractivity contribution is 0.428. The molecule has 1 nitrogen and oxygen atoms in total. The third-order valence-corrected chi connectivity index (χ3v) is 11.3. The second-order valence-electron chi connectivity index (χ2n) is 11.3. The van der Waals surface area contributed by atoms with Crippen LogP contribution in [0.4, 0.5) is 5.69 Å². The third kappa shape index (κ3) is 4.94. The number of hydrogen-bond acceptors (Lipinski definition) is 1. The highest BCUT2D eigenvalue weighted by molar-refractivity contribution is 7.80. The van der Waals surface area contributed by atoms with Gasteiger partial charge in [0, 0.05) is 29.9 Å². The lowest BCUT2D eigenvalue weighted by Gasteiger charge is -2.35. The van der Waals surface area contributed by atoms with Crippen LogP contribution in [-0.4, -0.2) is 13.1 Å². The van der Waals surface area contributed by atoms with Crippen molar-refractivity contribution in [3.63, 3.8) is 0 Å². The van der Waals surface area contributed by atoms with Crippen molar-refractivity contribution in [2.45, 2.75) is 38.1 Å². The van der Waals surface area contributed by atoms with E-state index in [9.17, 15) is 0 Å². The lowest BCUT2D eigenvalue weighted by atomic mass is 9.90. The molecule has 0 unspecified atom stereocenters. The monoisotopic (exact) mass is 549 g/mol. The molecule has 0 bridgehead atoms. The normalized spacial score (nSPS) is 14.1. The smallest absolute Gasteiger partial charge is 0.0452 e. The molecule has 1 aliphatic carbocycles. The summed E-state index contributed by atoms with van der Waals surface area (Å²) in [5, 5.41) is 9.44. The van der Waals surface area contributed by atoms with Crippen molar-refractivity contribution in [3.8, 4) is 11.1 Å². The maximum atomic E-state index is 2.61. The van der Waals surface area contributed by atoms with E-state index in [0.717, 1.165) is 0 Å². The summed E-state index contributed by atoms with van der Waals surface area (Å²) >= 11 is 0. The van der Waals surface area contributed by atoms with E-state index in [0.29, 0.717) is 6.04 Å². The van der Waals surface area contributed by atoms with Gasteiger partial charge in [-0.2, -0.15) is 0 Å². The van der Waals surface area contributed by atoms with Gasteiger partial charge in [0.05, 0.1) is 0 Å². The maximum absolute atomic E-state index is 2.61. The summed E-state index contributed by atoms with van der Waals surface area (Å²) in [6.07, 6.45) is 6.55. The molecule has 202 valence electrons. The largest absolute Gasteiger partial charge is 0.371 e. The number of hydrogen-bond donors (Lipinski definition) is 0. The molecule has 0 radical (unpaired) electrons. The molecule has 6 aromatic carbocycles. The number of rotatable bonds is 6. The Kier molecular flexibility index (Phi) is 7.30. The zero-order valence-electron chi connectivity index (χ0n) is 23.7. The molecule has 2 heteroatoms. The Morgan fingerprint density at radius 2 is 1.02 bits per heavy atom. The topological polar surface area (TPSA) is 3.24 Å². The Morgan fingerprint density at radius 3 is 1.63 bits per heavy atom. The Hall–Kier alpha value is -3.93. The van der Waals surface area contributed by atoms with Crippen LogP contribution in [0.5, 0.6) is 0 Å². The van der Waals surface area contributed by atoms with Crippen molar-refractivity contribution in [1.82, 2.24) is 0 Å². The van der Waals surface area contributed by atoms with Gasteiger partial charge in [-0.1, -0.05) is 147 Å². The van der Waals surface area contributed by atoms with Crippen LogP contribution < -0.4 is 20.8 Å². The van der Waals surface area contributed by atoms with E-state index < -0.39 is 7.92 Å². The summed E-state index contributed by atoms with van der Waals surface area (Å²) < 4.78 is 0. The Morgan fingerprint density at radius 1 is 0.512 bits per heavy atom. The van der Waals surface area contributed by atoms with Crippen LogP contribution in [0.2, 0.25) is 0 Å². The van der Waals surface area contributed by atoms with Crippen LogP contribution in [0.15, 0.2) is 133 Å². The molecule has 7 rings (SSSR count). The minimum absolute atomic E-state index is 0.576. The minimum atomic E-state index is -0.784. The molecule has 0 aliphatic heterocycles. The average molecular weight is 550 g/mol. The predicted octanol–water partition coefficient (Wildman–Crippen LogP) is 9.19. The van der Waals surface area contributed by atoms with E-state index in [1.807, 2.05) is 0 Å². The highest BCUT2D eigenvalue weighted by atomic mass is 31.1. The summed E-state index contributed by atoms with van der Waals surface area (Å²) in [6, 6.07) is 50.3. The van der Waals surface area contributed by atoms with E-state index in [1.165, 1.54) is 86.4 Å². The van der Waals surface area contributed by atoms with Crippen molar-refractivity contribution >= 4 is 51.1 Å². The van der Waals surface area contributed by atoms with Crippen LogP contribution in [0.25, 0.3) is 32.7 Å². The highest BCUT2D eigenvalue weighted by Gasteiger charge is 2.27. The summed E-state index contributed by atoms with van der Waals surface area (Å²) in [7, 11) is 1.56. The van der Waals surface area contributed by atoms with E-state index >= 15 is 0 Å². The van der Waals surface area contributed by atoms with Gasteiger partial charge in [-0.05, 0) is 64.3 Å². The van der Waals surface area contributed by atoms with Gasteiger partial charge in [-0.15, -0.1) is 0 Å². The summed E-state index contributed by atoms with van der Waals surface area (Å²) in [4.78, 5) is 2.61. The zero-order valence-corrected chi connectivity index (χ0v) is 24.6. The van der Waals surface area contributed by atoms with E-state index in [-0.39, 0.29) is 0 Å². The molecule has 0 heterocycles. The molecule has 0 saturated heterocycles. The first-order valence-corrected chi connectivity index (χ1v) is 16.3. The molecule has 41 heavy (non-hydrogen) atoms. The van der Waals surface area contributed by atoms with Crippen molar-refractivity contribution in [2.24, 2.45) is 0 Å². The molecule has 0 aromatic heterocycles. The van der Waals surface area contributed by atoms with Gasteiger partial charge in [-0.25, -0.2) is 0 Å². The molecule has 1 aliphatic rings. The molecular weight excluding hydrogens is 513 g/mol. The fourth-order valence-corrected chi connectivity index (χ4v) is 9.25. The average Bonchev–Trinajstić information content (AvgIpc) is 3.05. The fraction of sp³-hybridized carbons (Fsp3) is 0.179. The van der Waals surface area contributed by atoms with Crippen molar-refractivity contribution in [1.29, 1.82) is 0 Å². The molecule has 1 saturated carbocycles. The van der Waals surface area contributed by atoms with Crippen molar-refractivity contribution in [3.05, 3.63) is 133 Å². The Balaban J connectivity index is 1.58. The first-order valence-electron chi connectivity index (χ1n) is 15.0. The van der Waals surface area contributed by atoms with Gasteiger partial charge < -0.3 is 4.90 Å². The summed E-state index contributed by atoms with van der Waals surface area (Å²) in [6.45, 7) is 0. The number of fused-ring (bicyclic) bond motifs is 2. The lowest BCUT2D eigenvalue weighted by Crippen LogP contribution is -2.34. The van der Waals surface area contributed by atoms with Crippen LogP contribution >= 0.6 is 7.92 Å². The van der Waals surface area contributed by atoms with Crippen molar-refractivity contribution < 1.29 is 0 Å². The number of benzene rings is 6. The second kappa shape index (κ2) is 11.5. The number of anilines is 1. The van der Waals surface area contributed by atoms with E-state index in [1.54, 1.807) is 0 Å².